The molecule has 1 fully saturated rings. The summed E-state index contributed by atoms with van der Waals surface area (Å²) < 4.78 is 21.2. The van der Waals surface area contributed by atoms with Gasteiger partial charge in [-0.1, -0.05) is 117 Å². The van der Waals surface area contributed by atoms with Crippen molar-refractivity contribution >= 4 is 34.0 Å². The molecular formula is C81H86N4O10. The van der Waals surface area contributed by atoms with Gasteiger partial charge in [-0.05, 0) is 168 Å². The number of methoxy groups -OCH3 is 1. The highest BCUT2D eigenvalue weighted by atomic mass is 16.5. The first kappa shape index (κ1) is 63.2. The average Bonchev–Trinajstić information content (AvgIpc) is 1.61. The largest absolute Gasteiger partial charge is 0.508 e. The summed E-state index contributed by atoms with van der Waals surface area (Å²) in [6.07, 6.45) is 25.6. The summed E-state index contributed by atoms with van der Waals surface area (Å²) in [6, 6.07) is 27.9. The van der Waals surface area contributed by atoms with Crippen LogP contribution in [0.4, 0.5) is 5.69 Å². The van der Waals surface area contributed by atoms with Crippen LogP contribution in [0, 0.1) is 35.0 Å². The zero-order chi connectivity index (χ0) is 65.6. The van der Waals surface area contributed by atoms with Crippen LogP contribution in [0.1, 0.15) is 184 Å². The van der Waals surface area contributed by atoms with Crippen LogP contribution in [0.5, 0.6) is 34.5 Å². The molecule has 7 aromatic rings. The van der Waals surface area contributed by atoms with E-state index in [1.807, 2.05) is 24.3 Å². The summed E-state index contributed by atoms with van der Waals surface area (Å²) in [6.45, 7) is 6.66. The molecular weight excluding hydrogens is 1190 g/mol. The number of aliphatic hydroxyl groups is 1. The van der Waals surface area contributed by atoms with Crippen LogP contribution in [0.3, 0.4) is 0 Å². The molecule has 14 nitrogen and oxygen atoms in total. The number of dihydropyridines is 1. The van der Waals surface area contributed by atoms with Crippen molar-refractivity contribution in [2.75, 3.05) is 25.1 Å². The second kappa shape index (κ2) is 26.5. The summed E-state index contributed by atoms with van der Waals surface area (Å²) in [7, 11) is 1.51. The van der Waals surface area contributed by atoms with Crippen LogP contribution >= 0.6 is 0 Å². The van der Waals surface area contributed by atoms with Gasteiger partial charge in [-0.25, -0.2) is 0 Å². The van der Waals surface area contributed by atoms with Crippen LogP contribution in [-0.4, -0.2) is 73.8 Å². The Bertz CT molecular complexity index is 4340. The number of esters is 1. The molecule has 1 saturated carbocycles. The lowest BCUT2D eigenvalue weighted by Gasteiger charge is -2.43. The Labute approximate surface area is 556 Å². The van der Waals surface area contributed by atoms with Crippen LogP contribution in [0.25, 0.3) is 10.8 Å². The number of aryl methyl sites for hydroxylation is 2. The van der Waals surface area contributed by atoms with Crippen LogP contribution in [0.15, 0.2) is 157 Å². The third kappa shape index (κ3) is 12.4. The van der Waals surface area contributed by atoms with Crippen molar-refractivity contribution in [1.82, 2.24) is 14.9 Å². The van der Waals surface area contributed by atoms with Gasteiger partial charge in [-0.3, -0.25) is 14.4 Å². The molecule has 7 aliphatic rings. The molecule has 4 heterocycles. The molecule has 14 heteroatoms. The Morgan fingerprint density at radius 2 is 1.65 bits per heavy atom. The summed E-state index contributed by atoms with van der Waals surface area (Å²) in [5.41, 5.74) is 11.1. The number of phenols is 3. The number of hydrogen-bond acceptors (Lipinski definition) is 12. The highest BCUT2D eigenvalue weighted by Crippen LogP contribution is 2.53. The van der Waals surface area contributed by atoms with Gasteiger partial charge in [-0.2, -0.15) is 0 Å². The number of carbonyl (C=O) groups excluding carboxylic acids is 3. The Morgan fingerprint density at radius 1 is 0.811 bits per heavy atom. The second-order valence-corrected chi connectivity index (χ2v) is 27.9. The number of allylic oxidation sites excluding steroid dienone is 6. The number of hydrogen-bond donors (Lipinski definition) is 6. The van der Waals surface area contributed by atoms with E-state index in [4.69, 9.17) is 14.2 Å². The van der Waals surface area contributed by atoms with Crippen molar-refractivity contribution in [3.05, 3.63) is 207 Å². The molecule has 5 aromatic carbocycles. The molecule has 0 saturated heterocycles. The normalized spacial score (nSPS) is 25.2. The molecule has 490 valence electrons. The molecule has 6 N–H and O–H groups in total. The number of aromatic nitrogens is 2. The molecule has 1 spiro atoms. The quantitative estimate of drug-likeness (QED) is 0.0531. The summed E-state index contributed by atoms with van der Waals surface area (Å²) >= 11 is 0. The zero-order valence-corrected chi connectivity index (χ0v) is 54.8. The number of nitrogens with one attached hydrogen (secondary N) is 2. The lowest BCUT2D eigenvalue weighted by Crippen LogP contribution is -2.37. The minimum Gasteiger partial charge on any atom is -0.508 e. The van der Waals surface area contributed by atoms with E-state index in [0.29, 0.717) is 62.9 Å². The maximum absolute atomic E-state index is 15.6. The Kier molecular flexibility index (Phi) is 17.7. The molecule has 5 aliphatic carbocycles. The SMILES string of the molecule is COc1cc([C@H]2CC(=O)C[C@H](OC(C)=O)CC[C@@]34Cc5c[nH]cc5[C@@H](C#CCC3=CC=C[C@@H]4C)[C@@H](c3cccc(O)c3)C3=CCNC(=C3)N(CCC(=O)C3CCCCC3)c3ccc4c5c(n2cc35)CC[C@H]4O)cc(O)c1Oc1cc(O)cc([C@H]2c3ccccc3CC[C@H]2C)c1. The van der Waals surface area contributed by atoms with Crippen molar-refractivity contribution in [1.29, 1.82) is 0 Å². The van der Waals surface area contributed by atoms with E-state index in [1.54, 1.807) is 24.3 Å². The maximum atomic E-state index is 15.6. The van der Waals surface area contributed by atoms with E-state index in [9.17, 15) is 30.0 Å². The minimum atomic E-state index is -0.794. The molecule has 95 heavy (non-hydrogen) atoms. The number of aliphatic hydroxyl groups excluding tert-OH is 1. The lowest BCUT2D eigenvalue weighted by atomic mass is 9.61. The van der Waals surface area contributed by atoms with Crippen molar-refractivity contribution in [2.45, 2.75) is 160 Å². The molecule has 9 atom stereocenters. The predicted octanol–water partition coefficient (Wildman–Crippen LogP) is 15.6. The zero-order valence-electron chi connectivity index (χ0n) is 54.8. The summed E-state index contributed by atoms with van der Waals surface area (Å²) in [5.74, 6) is 7.92. The number of phenolic OH excluding ortho intramolecular Hbond substituents is 3. The number of ketones is 2. The average molecular weight is 1280 g/mol. The molecule has 0 unspecified atom stereocenters. The Morgan fingerprint density at radius 3 is 2.48 bits per heavy atom. The van der Waals surface area contributed by atoms with Gasteiger partial charge in [0.15, 0.2) is 11.5 Å². The van der Waals surface area contributed by atoms with E-state index < -0.39 is 29.6 Å². The topological polar surface area (TPSA) is 196 Å². The van der Waals surface area contributed by atoms with Gasteiger partial charge in [0.1, 0.15) is 40.7 Å². The van der Waals surface area contributed by atoms with Gasteiger partial charge in [0.2, 0.25) is 5.75 Å². The van der Waals surface area contributed by atoms with Crippen LogP contribution in [0.2, 0.25) is 0 Å². The third-order valence-electron chi connectivity index (χ3n) is 22.1. The maximum Gasteiger partial charge on any atom is 0.302 e. The van der Waals surface area contributed by atoms with Crippen LogP contribution in [-0.2, 0) is 38.4 Å². The fourth-order valence-electron chi connectivity index (χ4n) is 17.3. The van der Waals surface area contributed by atoms with Gasteiger partial charge in [0.05, 0.1) is 30.9 Å². The van der Waals surface area contributed by atoms with Gasteiger partial charge in [0.25, 0.3) is 0 Å². The van der Waals surface area contributed by atoms with E-state index >= 15 is 4.79 Å². The summed E-state index contributed by atoms with van der Waals surface area (Å²) in [5, 5.41) is 52.7. The number of ether oxygens (including phenoxy) is 3. The van der Waals surface area contributed by atoms with Crippen molar-refractivity contribution < 1.29 is 49.0 Å². The number of fused-ring (bicyclic) bond motifs is 4. The van der Waals surface area contributed by atoms with E-state index in [1.165, 1.54) is 36.8 Å². The fourth-order valence-corrected chi connectivity index (χ4v) is 17.3. The highest BCUT2D eigenvalue weighted by molar-refractivity contribution is 6.00. The molecule has 2 aliphatic heterocycles. The predicted molar refractivity (Wildman–Crippen MR) is 368 cm³/mol. The molecule has 6 bridgehead atoms. The first-order chi connectivity index (χ1) is 46.1. The first-order valence-electron chi connectivity index (χ1n) is 34.4. The van der Waals surface area contributed by atoms with E-state index in [2.05, 4.69) is 131 Å². The van der Waals surface area contributed by atoms with Gasteiger partial charge >= 0.3 is 5.97 Å². The molecule has 0 amide bonds. The number of Topliss-reactive ketones (excluding diaryl/α,β-unsaturated/α-hetero) is 2. The van der Waals surface area contributed by atoms with Crippen LogP contribution < -0.4 is 19.7 Å². The van der Waals surface area contributed by atoms with E-state index in [-0.39, 0.29) is 95.1 Å². The van der Waals surface area contributed by atoms with Gasteiger partial charge in [0, 0.05) is 110 Å². The number of rotatable bonds is 11. The molecule has 14 rings (SSSR count). The van der Waals surface area contributed by atoms with Gasteiger partial charge < -0.3 is 54.4 Å². The fraction of sp³-hybridized carbons (Fsp3) is 0.395. The number of benzene rings is 5. The van der Waals surface area contributed by atoms with E-state index in [0.717, 1.165) is 106 Å². The third-order valence-corrected chi connectivity index (χ3v) is 22.1. The minimum absolute atomic E-state index is 0.000279. The number of aromatic hydroxyl groups is 3. The van der Waals surface area contributed by atoms with Crippen molar-refractivity contribution in [3.8, 4) is 46.3 Å². The number of carbonyl (C=O) groups is 3. The number of anilines is 1. The smallest absolute Gasteiger partial charge is 0.302 e. The second-order valence-electron chi connectivity index (χ2n) is 27.9. The highest BCUT2D eigenvalue weighted by Gasteiger charge is 2.44. The molecule has 0 radical (unpaired) electrons. The number of aromatic amines is 1. The summed E-state index contributed by atoms with van der Waals surface area (Å²) in [4.78, 5) is 49.3. The lowest BCUT2D eigenvalue weighted by molar-refractivity contribution is -0.148. The molecule has 2 aromatic heterocycles. The first-order valence-corrected chi connectivity index (χ1v) is 34.4. The van der Waals surface area contributed by atoms with Crippen molar-refractivity contribution in [2.24, 2.45) is 23.2 Å². The van der Waals surface area contributed by atoms with Gasteiger partial charge in [-0.15, -0.1) is 0 Å². The standard InChI is InChI=1S/C81H86N4O10/c1-48-23-24-51-14-8-9-21-64(51)77(48)56-36-60(88)42-63(37-56)95-80-74(92)38-55(39-75(80)93-4)71-43-61(89)41-62(94-50(3)86)29-32-81-44-57-45-82-46-67(57)65(22-12-19-58(81)18-10-13-49(81)2)78(53-17-11-20-59(87)35-53)54-30-33-83-76(40-54)84(34-31-72(90)52-15-6-5-7-16-52)69-26-25-66-73(91)28-27-70-79(66)68(69)47-85(70)71/h8-11,13-14,17-18,20-21,25-26,30,35-40,42,45-49,52,62,65,71,73,77-78,82-83,87-88,91-92H,5-7,15-16,19,23-24,27-29,31-34,41,43-44H2,1-4H3/t48-,49+,62-,65-,71-,73-,77+,78+,81+/m1/s1. The van der Waals surface area contributed by atoms with Crippen molar-refractivity contribution in [3.63, 3.8) is 0 Å². The Balaban J connectivity index is 0.944. The number of nitrogens with zero attached hydrogens (tertiary/aromatic N) is 2. The monoisotopic (exact) mass is 1270 g/mol. The Hall–Kier alpha value is -9.19. The number of H-pyrrole nitrogens is 1.